The number of nitriles is 1. The molecule has 12 heavy (non-hydrogen) atoms. The molecule has 0 bridgehead atoms. The summed E-state index contributed by atoms with van der Waals surface area (Å²) in [5, 5.41) is 18.0. The number of rotatable bonds is 1. The summed E-state index contributed by atoms with van der Waals surface area (Å²) < 4.78 is 4.87. The molecule has 0 aliphatic carbocycles. The Morgan fingerprint density at radius 1 is 1.50 bits per heavy atom. The molecule has 0 amide bonds. The Balaban J connectivity index is 3.31. The van der Waals surface area contributed by atoms with E-state index < -0.39 is 0 Å². The van der Waals surface area contributed by atoms with Crippen molar-refractivity contribution >= 4 is 0 Å². The van der Waals surface area contributed by atoms with E-state index in [9.17, 15) is 5.11 Å². The van der Waals surface area contributed by atoms with Gasteiger partial charge in [0.25, 0.3) is 0 Å². The van der Waals surface area contributed by atoms with Gasteiger partial charge in [0.1, 0.15) is 0 Å². The molecule has 0 fully saturated rings. The van der Waals surface area contributed by atoms with Gasteiger partial charge in [-0.1, -0.05) is 0 Å². The number of nitrogens with zero attached hydrogens (tertiary/aromatic N) is 1. The van der Waals surface area contributed by atoms with Crippen molar-refractivity contribution in [2.24, 2.45) is 0 Å². The lowest BCUT2D eigenvalue weighted by molar-refractivity contribution is 0.371. The Labute approximate surface area is 70.8 Å². The van der Waals surface area contributed by atoms with Crippen LogP contribution in [-0.2, 0) is 0 Å². The molecule has 0 aliphatic rings. The van der Waals surface area contributed by atoms with Crippen LogP contribution < -0.4 is 4.74 Å². The lowest BCUT2D eigenvalue weighted by Crippen LogP contribution is -1.87. The second kappa shape index (κ2) is 3.14. The largest absolute Gasteiger partial charge is 0.504 e. The molecular formula is C9H9NO2. The van der Waals surface area contributed by atoms with E-state index in [0.29, 0.717) is 16.9 Å². The lowest BCUT2D eigenvalue weighted by atomic mass is 10.1. The van der Waals surface area contributed by atoms with Crippen molar-refractivity contribution in [3.63, 3.8) is 0 Å². The summed E-state index contributed by atoms with van der Waals surface area (Å²) in [6.07, 6.45) is 0. The summed E-state index contributed by atoms with van der Waals surface area (Å²) >= 11 is 0. The Kier molecular flexibility index (Phi) is 2.20. The number of ether oxygens (including phenoxy) is 1. The van der Waals surface area contributed by atoms with Crippen LogP contribution in [0.1, 0.15) is 11.1 Å². The van der Waals surface area contributed by atoms with E-state index in [0.717, 1.165) is 0 Å². The lowest BCUT2D eigenvalue weighted by Gasteiger charge is -2.05. The van der Waals surface area contributed by atoms with Crippen molar-refractivity contribution in [2.45, 2.75) is 6.92 Å². The molecule has 1 aromatic carbocycles. The van der Waals surface area contributed by atoms with Gasteiger partial charge in [-0.05, 0) is 18.6 Å². The number of benzene rings is 1. The van der Waals surface area contributed by atoms with E-state index >= 15 is 0 Å². The molecule has 0 aromatic heterocycles. The highest BCUT2D eigenvalue weighted by molar-refractivity contribution is 5.50. The Morgan fingerprint density at radius 3 is 2.67 bits per heavy atom. The van der Waals surface area contributed by atoms with Crippen LogP contribution in [0.4, 0.5) is 0 Å². The second-order valence-corrected chi connectivity index (χ2v) is 2.46. The van der Waals surface area contributed by atoms with Crippen molar-refractivity contribution in [3.8, 4) is 17.6 Å². The maximum Gasteiger partial charge on any atom is 0.162 e. The van der Waals surface area contributed by atoms with Crippen LogP contribution in [0, 0.1) is 18.3 Å². The van der Waals surface area contributed by atoms with Crippen LogP contribution >= 0.6 is 0 Å². The van der Waals surface area contributed by atoms with E-state index in [2.05, 4.69) is 0 Å². The molecule has 0 saturated heterocycles. The number of aryl methyl sites for hydroxylation is 1. The molecule has 62 valence electrons. The minimum Gasteiger partial charge on any atom is -0.504 e. The van der Waals surface area contributed by atoms with Crippen molar-refractivity contribution in [3.05, 3.63) is 23.3 Å². The van der Waals surface area contributed by atoms with Crippen LogP contribution in [0.3, 0.4) is 0 Å². The van der Waals surface area contributed by atoms with Gasteiger partial charge in [0.05, 0.1) is 18.7 Å². The molecule has 1 rings (SSSR count). The molecule has 0 radical (unpaired) electrons. The van der Waals surface area contributed by atoms with Crippen LogP contribution in [0.25, 0.3) is 0 Å². The fourth-order valence-electron chi connectivity index (χ4n) is 0.967. The number of hydrogen-bond donors (Lipinski definition) is 1. The Bertz CT molecular complexity index is 339. The highest BCUT2D eigenvalue weighted by Gasteiger charge is 2.06. The number of methoxy groups -OCH3 is 1. The maximum absolute atomic E-state index is 9.38. The zero-order valence-corrected chi connectivity index (χ0v) is 6.96. The zero-order valence-electron chi connectivity index (χ0n) is 6.96. The number of hydrogen-bond acceptors (Lipinski definition) is 3. The normalized spacial score (nSPS) is 9.08. The Hall–Kier alpha value is -1.69. The molecule has 0 saturated carbocycles. The summed E-state index contributed by atoms with van der Waals surface area (Å²) in [4.78, 5) is 0. The fourth-order valence-corrected chi connectivity index (χ4v) is 0.967. The molecule has 1 aromatic rings. The first-order valence-corrected chi connectivity index (χ1v) is 3.46. The minimum atomic E-state index is 0.0940. The first-order chi connectivity index (χ1) is 5.69. The van der Waals surface area contributed by atoms with E-state index in [1.807, 2.05) is 6.07 Å². The topological polar surface area (TPSA) is 53.2 Å². The predicted molar refractivity (Wildman–Crippen MR) is 44.1 cm³/mol. The predicted octanol–water partition coefficient (Wildman–Crippen LogP) is 1.58. The molecule has 3 heteroatoms. The molecule has 0 unspecified atom stereocenters. The highest BCUT2D eigenvalue weighted by atomic mass is 16.5. The van der Waals surface area contributed by atoms with Gasteiger partial charge in [0, 0.05) is 6.07 Å². The fraction of sp³-hybridized carbons (Fsp3) is 0.222. The van der Waals surface area contributed by atoms with Crippen molar-refractivity contribution in [2.75, 3.05) is 7.11 Å². The first-order valence-electron chi connectivity index (χ1n) is 3.46. The van der Waals surface area contributed by atoms with Crippen molar-refractivity contribution in [1.82, 2.24) is 0 Å². The summed E-state index contributed by atoms with van der Waals surface area (Å²) in [6.45, 7) is 1.72. The van der Waals surface area contributed by atoms with Crippen LogP contribution in [0.5, 0.6) is 11.5 Å². The number of phenols is 1. The monoisotopic (exact) mass is 163 g/mol. The highest BCUT2D eigenvalue weighted by Crippen LogP contribution is 2.30. The third kappa shape index (κ3) is 1.32. The van der Waals surface area contributed by atoms with E-state index in [4.69, 9.17) is 10.00 Å². The zero-order chi connectivity index (χ0) is 9.14. The molecule has 0 aliphatic heterocycles. The molecule has 0 spiro atoms. The van der Waals surface area contributed by atoms with Gasteiger partial charge < -0.3 is 9.84 Å². The minimum absolute atomic E-state index is 0.0940. The van der Waals surface area contributed by atoms with E-state index in [-0.39, 0.29) is 5.75 Å². The van der Waals surface area contributed by atoms with Crippen LogP contribution in [0.2, 0.25) is 0 Å². The van der Waals surface area contributed by atoms with Gasteiger partial charge in [-0.2, -0.15) is 5.26 Å². The number of phenolic OH excluding ortho intramolecular Hbond substituents is 1. The van der Waals surface area contributed by atoms with Gasteiger partial charge in [-0.15, -0.1) is 0 Å². The summed E-state index contributed by atoms with van der Waals surface area (Å²) in [7, 11) is 1.45. The van der Waals surface area contributed by atoms with Crippen molar-refractivity contribution < 1.29 is 9.84 Å². The van der Waals surface area contributed by atoms with Crippen LogP contribution in [0.15, 0.2) is 12.1 Å². The third-order valence-corrected chi connectivity index (χ3v) is 1.61. The molecule has 3 nitrogen and oxygen atoms in total. The standard InChI is InChI=1S/C9H9NO2/c1-6-3-7(5-10)4-8(12-2)9(6)11/h3-4,11H,1-2H3. The van der Waals surface area contributed by atoms with Gasteiger partial charge >= 0.3 is 0 Å². The van der Waals surface area contributed by atoms with E-state index in [1.54, 1.807) is 13.0 Å². The average Bonchev–Trinajstić information content (AvgIpc) is 2.09. The first kappa shape index (κ1) is 8.41. The molecule has 1 N–H and O–H groups in total. The van der Waals surface area contributed by atoms with Gasteiger partial charge in [0.2, 0.25) is 0 Å². The SMILES string of the molecule is COc1cc(C#N)cc(C)c1O. The second-order valence-electron chi connectivity index (χ2n) is 2.46. The summed E-state index contributed by atoms with van der Waals surface area (Å²) in [6, 6.07) is 5.09. The van der Waals surface area contributed by atoms with Crippen LogP contribution in [-0.4, -0.2) is 12.2 Å². The average molecular weight is 163 g/mol. The molecular weight excluding hydrogens is 154 g/mol. The summed E-state index contributed by atoms with van der Waals surface area (Å²) in [5.74, 6) is 0.433. The quantitative estimate of drug-likeness (QED) is 0.683. The van der Waals surface area contributed by atoms with Crippen molar-refractivity contribution in [1.29, 1.82) is 5.26 Å². The number of aromatic hydroxyl groups is 1. The summed E-state index contributed by atoms with van der Waals surface area (Å²) in [5.41, 5.74) is 1.13. The smallest absolute Gasteiger partial charge is 0.162 e. The molecule has 0 heterocycles. The Morgan fingerprint density at radius 2 is 2.17 bits per heavy atom. The van der Waals surface area contributed by atoms with E-state index in [1.165, 1.54) is 13.2 Å². The van der Waals surface area contributed by atoms with Gasteiger partial charge in [0.15, 0.2) is 11.5 Å². The van der Waals surface area contributed by atoms with Gasteiger partial charge in [-0.3, -0.25) is 0 Å². The van der Waals surface area contributed by atoms with Gasteiger partial charge in [-0.25, -0.2) is 0 Å². The molecule has 0 atom stereocenters. The third-order valence-electron chi connectivity index (χ3n) is 1.61. The maximum atomic E-state index is 9.38.